The Balaban J connectivity index is 1.50. The Morgan fingerprint density at radius 1 is 1.04 bits per heavy atom. The van der Waals surface area contributed by atoms with Gasteiger partial charge in [-0.25, -0.2) is 0 Å². The summed E-state index contributed by atoms with van der Waals surface area (Å²) < 4.78 is 6.75. The monoisotopic (exact) mass is 435 g/mol. The number of ether oxygens (including phenoxy) is 1. The molecule has 0 aliphatic heterocycles. The molecule has 0 fully saturated rings. The highest BCUT2D eigenvalue weighted by Gasteiger charge is 2.01. The van der Waals surface area contributed by atoms with Crippen LogP contribution in [0.5, 0.6) is 5.75 Å². The van der Waals surface area contributed by atoms with Crippen LogP contribution in [0.1, 0.15) is 34.1 Å². The van der Waals surface area contributed by atoms with Crippen LogP contribution in [0.4, 0.5) is 0 Å². The maximum Gasteiger partial charge on any atom is 0.185 e. The van der Waals surface area contributed by atoms with Crippen LogP contribution in [0, 0.1) is 0 Å². The number of halogens is 1. The third kappa shape index (κ3) is 5.89. The highest BCUT2D eigenvalue weighted by Crippen LogP contribution is 2.15. The molecule has 0 amide bonds. The fourth-order valence-corrected chi connectivity index (χ4v) is 2.91. The van der Waals surface area contributed by atoms with Crippen molar-refractivity contribution in [1.82, 2.24) is 4.98 Å². The zero-order valence-electron chi connectivity index (χ0n) is 15.8. The summed E-state index contributed by atoms with van der Waals surface area (Å²) in [4.78, 5) is 16.6. The largest absolute Gasteiger partial charge is 0.493 e. The van der Waals surface area contributed by atoms with Gasteiger partial charge in [-0.05, 0) is 66.1 Å². The van der Waals surface area contributed by atoms with Gasteiger partial charge in [-0.15, -0.1) is 0 Å². The third-order valence-corrected chi connectivity index (χ3v) is 4.89. The second kappa shape index (κ2) is 10.00. The Kier molecular flexibility index (Phi) is 7.15. The van der Waals surface area contributed by atoms with Crippen molar-refractivity contribution in [3.05, 3.63) is 99.8 Å². The molecule has 3 aromatic rings. The van der Waals surface area contributed by atoms with E-state index >= 15 is 0 Å². The lowest BCUT2D eigenvalue weighted by Gasteiger charge is -2.06. The summed E-state index contributed by atoms with van der Waals surface area (Å²) in [5.41, 5.74) is 3.89. The van der Waals surface area contributed by atoms with Crippen LogP contribution in [-0.2, 0) is 12.8 Å². The molecule has 4 heteroatoms. The smallest absolute Gasteiger partial charge is 0.185 e. The highest BCUT2D eigenvalue weighted by molar-refractivity contribution is 9.10. The lowest BCUT2D eigenvalue weighted by Crippen LogP contribution is -2.03. The zero-order chi connectivity index (χ0) is 19.8. The minimum Gasteiger partial charge on any atom is -0.493 e. The fraction of sp³-hybridized carbons (Fsp3) is 0.167. The molecule has 0 aliphatic rings. The van der Waals surface area contributed by atoms with E-state index in [1.807, 2.05) is 48.7 Å². The van der Waals surface area contributed by atoms with E-state index in [1.54, 1.807) is 18.2 Å². The van der Waals surface area contributed by atoms with Crippen LogP contribution >= 0.6 is 15.9 Å². The first kappa shape index (κ1) is 20.0. The zero-order valence-corrected chi connectivity index (χ0v) is 17.4. The number of carbonyl (C=O) groups excluding carboxylic acids is 1. The van der Waals surface area contributed by atoms with Crippen molar-refractivity contribution < 1.29 is 9.53 Å². The summed E-state index contributed by atoms with van der Waals surface area (Å²) in [6.07, 6.45) is 7.09. The summed E-state index contributed by atoms with van der Waals surface area (Å²) in [7, 11) is 0. The van der Waals surface area contributed by atoms with E-state index in [1.165, 1.54) is 5.56 Å². The van der Waals surface area contributed by atoms with Gasteiger partial charge in [-0.3, -0.25) is 9.78 Å². The van der Waals surface area contributed by atoms with Crippen molar-refractivity contribution >= 4 is 27.8 Å². The first-order valence-electron chi connectivity index (χ1n) is 9.28. The van der Waals surface area contributed by atoms with Gasteiger partial charge in [0.1, 0.15) is 5.75 Å². The molecule has 2 aromatic carbocycles. The van der Waals surface area contributed by atoms with Crippen LogP contribution < -0.4 is 4.74 Å². The molecule has 0 aliphatic carbocycles. The third-order valence-electron chi connectivity index (χ3n) is 4.36. The van der Waals surface area contributed by atoms with Gasteiger partial charge in [0.2, 0.25) is 0 Å². The number of hydrogen-bond acceptors (Lipinski definition) is 3. The summed E-state index contributed by atoms with van der Waals surface area (Å²) in [6, 6.07) is 19.2. The second-order valence-corrected chi connectivity index (χ2v) is 7.30. The minimum atomic E-state index is -0.0191. The average Bonchev–Trinajstić information content (AvgIpc) is 2.74. The molecule has 0 saturated carbocycles. The molecule has 1 aromatic heterocycles. The van der Waals surface area contributed by atoms with Gasteiger partial charge in [0.25, 0.3) is 0 Å². The van der Waals surface area contributed by atoms with E-state index in [4.69, 9.17) is 4.74 Å². The summed E-state index contributed by atoms with van der Waals surface area (Å²) in [5, 5.41) is 0. The Bertz CT molecular complexity index is 930. The van der Waals surface area contributed by atoms with E-state index in [0.29, 0.717) is 12.2 Å². The van der Waals surface area contributed by atoms with Crippen LogP contribution in [0.25, 0.3) is 6.08 Å². The topological polar surface area (TPSA) is 39.2 Å². The number of hydrogen-bond donors (Lipinski definition) is 0. The van der Waals surface area contributed by atoms with Crippen molar-refractivity contribution in [1.29, 1.82) is 0 Å². The normalized spacial score (nSPS) is 10.9. The highest BCUT2D eigenvalue weighted by atomic mass is 79.9. The van der Waals surface area contributed by atoms with Crippen molar-refractivity contribution in [2.24, 2.45) is 0 Å². The van der Waals surface area contributed by atoms with Gasteiger partial charge in [0.05, 0.1) is 6.61 Å². The summed E-state index contributed by atoms with van der Waals surface area (Å²) >= 11 is 3.37. The molecular weight excluding hydrogens is 414 g/mol. The molecular formula is C24H22BrNO2. The molecule has 0 atom stereocenters. The number of pyridine rings is 1. The lowest BCUT2D eigenvalue weighted by molar-refractivity contribution is 0.104. The van der Waals surface area contributed by atoms with E-state index < -0.39 is 0 Å². The number of benzene rings is 2. The number of allylic oxidation sites excluding steroid dienone is 1. The SMILES string of the molecule is CCc1ccc(CCOc2ccc(/C=C/C(=O)c3ccc(Br)cc3)cc2)nc1. The number of rotatable bonds is 8. The van der Waals surface area contributed by atoms with Crippen molar-refractivity contribution in [3.63, 3.8) is 0 Å². The molecule has 3 nitrogen and oxygen atoms in total. The van der Waals surface area contributed by atoms with Crippen molar-refractivity contribution in [3.8, 4) is 5.75 Å². The molecule has 142 valence electrons. The number of aromatic nitrogens is 1. The van der Waals surface area contributed by atoms with Gasteiger partial charge < -0.3 is 4.74 Å². The Labute approximate surface area is 174 Å². The Morgan fingerprint density at radius 3 is 2.43 bits per heavy atom. The van der Waals surface area contributed by atoms with E-state index in [2.05, 4.69) is 40.0 Å². The van der Waals surface area contributed by atoms with Crippen LogP contribution in [0.2, 0.25) is 0 Å². The van der Waals surface area contributed by atoms with Gasteiger partial charge in [0, 0.05) is 28.3 Å². The standard InChI is InChI=1S/C24H22BrNO2/c1-2-18-3-11-22(26-17-18)15-16-28-23-12-4-19(5-13-23)6-14-24(27)20-7-9-21(25)10-8-20/h3-14,17H,2,15-16H2,1H3/b14-6+. The Morgan fingerprint density at radius 2 is 1.79 bits per heavy atom. The molecule has 0 radical (unpaired) electrons. The molecule has 3 rings (SSSR count). The molecule has 0 N–H and O–H groups in total. The maximum atomic E-state index is 12.2. The van der Waals surface area contributed by atoms with Gasteiger partial charge in [-0.1, -0.05) is 47.1 Å². The molecule has 0 spiro atoms. The predicted molar refractivity (Wildman–Crippen MR) is 117 cm³/mol. The minimum absolute atomic E-state index is 0.0191. The first-order valence-corrected chi connectivity index (χ1v) is 10.1. The van der Waals surface area contributed by atoms with Crippen molar-refractivity contribution in [2.45, 2.75) is 19.8 Å². The lowest BCUT2D eigenvalue weighted by atomic mass is 10.1. The van der Waals surface area contributed by atoms with E-state index in [-0.39, 0.29) is 5.78 Å². The number of carbonyl (C=O) groups is 1. The maximum absolute atomic E-state index is 12.2. The average molecular weight is 436 g/mol. The molecule has 0 bridgehead atoms. The van der Waals surface area contributed by atoms with Gasteiger partial charge in [0.15, 0.2) is 5.78 Å². The summed E-state index contributed by atoms with van der Waals surface area (Å²) in [6.45, 7) is 2.70. The molecule has 0 saturated heterocycles. The van der Waals surface area contributed by atoms with Crippen molar-refractivity contribution in [2.75, 3.05) is 6.61 Å². The van der Waals surface area contributed by atoms with Crippen LogP contribution in [0.15, 0.2) is 77.4 Å². The summed E-state index contributed by atoms with van der Waals surface area (Å²) in [5.74, 6) is 0.788. The first-order chi connectivity index (χ1) is 13.6. The number of aryl methyl sites for hydroxylation is 1. The number of nitrogens with zero attached hydrogens (tertiary/aromatic N) is 1. The van der Waals surface area contributed by atoms with Crippen LogP contribution in [0.3, 0.4) is 0 Å². The van der Waals surface area contributed by atoms with Gasteiger partial charge >= 0.3 is 0 Å². The quantitative estimate of drug-likeness (QED) is 0.325. The van der Waals surface area contributed by atoms with E-state index in [0.717, 1.165) is 34.3 Å². The predicted octanol–water partition coefficient (Wildman–Crippen LogP) is 5.92. The molecule has 0 unspecified atom stereocenters. The molecule has 1 heterocycles. The van der Waals surface area contributed by atoms with Crippen LogP contribution in [-0.4, -0.2) is 17.4 Å². The van der Waals surface area contributed by atoms with E-state index in [9.17, 15) is 4.79 Å². The fourth-order valence-electron chi connectivity index (χ4n) is 2.64. The second-order valence-electron chi connectivity index (χ2n) is 6.38. The number of ketones is 1. The van der Waals surface area contributed by atoms with Gasteiger partial charge in [-0.2, -0.15) is 0 Å². The Hall–Kier alpha value is -2.72. The molecule has 28 heavy (non-hydrogen) atoms.